The largest absolute Gasteiger partial charge is 0.354 e. The Morgan fingerprint density at radius 1 is 1.12 bits per heavy atom. The topological polar surface area (TPSA) is 39.6 Å². The summed E-state index contributed by atoms with van der Waals surface area (Å²) in [4.78, 5) is 3.33. The molecule has 0 spiro atoms. The van der Waals surface area contributed by atoms with Crippen molar-refractivity contribution in [2.45, 2.75) is 6.92 Å². The number of nitrogens with one attached hydrogen (secondary N) is 1. The summed E-state index contributed by atoms with van der Waals surface area (Å²) >= 11 is 0. The molecule has 3 rings (SSSR count). The summed E-state index contributed by atoms with van der Waals surface area (Å²) < 4.78 is 0. The first kappa shape index (κ1) is 8.99. The molecule has 0 aliphatic carbocycles. The Labute approximate surface area is 93.1 Å². The van der Waals surface area contributed by atoms with Gasteiger partial charge < -0.3 is 4.98 Å². The monoisotopic (exact) mass is 206 g/mol. The Morgan fingerprint density at radius 2 is 2.00 bits per heavy atom. The van der Waals surface area contributed by atoms with Crippen LogP contribution in [0.5, 0.6) is 0 Å². The van der Waals surface area contributed by atoms with Gasteiger partial charge in [0.2, 0.25) is 0 Å². The highest BCUT2D eigenvalue weighted by Gasteiger charge is 2.07. The third-order valence-electron chi connectivity index (χ3n) is 2.90. The maximum atomic E-state index is 9.12. The van der Waals surface area contributed by atoms with Gasteiger partial charge in [0, 0.05) is 21.8 Å². The molecule has 0 bridgehead atoms. The van der Waals surface area contributed by atoms with Gasteiger partial charge in [-0.15, -0.1) is 0 Å². The first-order valence-electron chi connectivity index (χ1n) is 5.21. The van der Waals surface area contributed by atoms with E-state index in [-0.39, 0.29) is 0 Å². The van der Waals surface area contributed by atoms with Crippen LogP contribution in [0.3, 0.4) is 0 Å². The highest BCUT2D eigenvalue weighted by atomic mass is 14.7. The summed E-state index contributed by atoms with van der Waals surface area (Å²) in [5, 5.41) is 11.3. The fraction of sp³-hybridized carbons (Fsp3) is 0.0714. The van der Waals surface area contributed by atoms with Gasteiger partial charge in [0.1, 0.15) is 0 Å². The molecule has 1 N–H and O–H groups in total. The molecule has 1 heterocycles. The molecule has 0 saturated heterocycles. The van der Waals surface area contributed by atoms with Gasteiger partial charge in [0.05, 0.1) is 11.6 Å². The molecular weight excluding hydrogens is 196 g/mol. The lowest BCUT2D eigenvalue weighted by Crippen LogP contribution is -1.76. The second kappa shape index (κ2) is 3.11. The second-order valence-electron chi connectivity index (χ2n) is 4.01. The van der Waals surface area contributed by atoms with Crippen molar-refractivity contribution in [2.24, 2.45) is 0 Å². The summed E-state index contributed by atoms with van der Waals surface area (Å²) in [5.41, 5.74) is 4.05. The van der Waals surface area contributed by atoms with E-state index in [2.05, 4.69) is 36.2 Å². The van der Waals surface area contributed by atoms with Gasteiger partial charge in [-0.25, -0.2) is 0 Å². The van der Waals surface area contributed by atoms with Gasteiger partial charge in [0.25, 0.3) is 0 Å². The van der Waals surface area contributed by atoms with Crippen LogP contribution in [0.4, 0.5) is 0 Å². The standard InChI is InChI=1S/C14H10N2/c1-9-5-6-12-11(7-9)14-10(8-15)3-2-4-13(14)16-12/h2-7,16H,1H3. The molecule has 2 aromatic carbocycles. The van der Waals surface area contributed by atoms with Crippen molar-refractivity contribution in [3.8, 4) is 6.07 Å². The average Bonchev–Trinajstić information content (AvgIpc) is 2.66. The van der Waals surface area contributed by atoms with Crippen LogP contribution >= 0.6 is 0 Å². The van der Waals surface area contributed by atoms with E-state index >= 15 is 0 Å². The normalized spacial score (nSPS) is 10.8. The van der Waals surface area contributed by atoms with E-state index in [4.69, 9.17) is 5.26 Å². The maximum Gasteiger partial charge on any atom is 0.0998 e. The lowest BCUT2D eigenvalue weighted by Gasteiger charge is -1.95. The van der Waals surface area contributed by atoms with Crippen LogP contribution in [0.1, 0.15) is 11.1 Å². The van der Waals surface area contributed by atoms with Gasteiger partial charge in [-0.2, -0.15) is 5.26 Å². The highest BCUT2D eigenvalue weighted by Crippen LogP contribution is 2.28. The smallest absolute Gasteiger partial charge is 0.0998 e. The molecule has 0 amide bonds. The Morgan fingerprint density at radius 3 is 2.81 bits per heavy atom. The number of aryl methyl sites for hydroxylation is 1. The van der Waals surface area contributed by atoms with E-state index in [0.29, 0.717) is 0 Å². The van der Waals surface area contributed by atoms with E-state index in [9.17, 15) is 0 Å². The van der Waals surface area contributed by atoms with Gasteiger partial charge in [-0.1, -0.05) is 17.7 Å². The van der Waals surface area contributed by atoms with Crippen molar-refractivity contribution in [1.29, 1.82) is 5.26 Å². The Bertz CT molecular complexity index is 729. The minimum Gasteiger partial charge on any atom is -0.354 e. The molecule has 3 aromatic rings. The number of hydrogen-bond acceptors (Lipinski definition) is 1. The van der Waals surface area contributed by atoms with E-state index in [1.807, 2.05) is 18.2 Å². The van der Waals surface area contributed by atoms with Crippen LogP contribution in [0.25, 0.3) is 21.8 Å². The third kappa shape index (κ3) is 1.12. The zero-order chi connectivity index (χ0) is 11.1. The molecule has 0 aliphatic heterocycles. The Balaban J connectivity index is 2.61. The van der Waals surface area contributed by atoms with Gasteiger partial charge in [-0.3, -0.25) is 0 Å². The van der Waals surface area contributed by atoms with Crippen LogP contribution < -0.4 is 0 Å². The number of benzene rings is 2. The molecular formula is C14H10N2. The molecule has 0 aliphatic rings. The molecule has 1 aromatic heterocycles. The number of aromatic nitrogens is 1. The van der Waals surface area contributed by atoms with Crippen LogP contribution in [-0.2, 0) is 0 Å². The van der Waals surface area contributed by atoms with Crippen molar-refractivity contribution >= 4 is 21.8 Å². The van der Waals surface area contributed by atoms with Gasteiger partial charge in [-0.05, 0) is 31.2 Å². The minimum absolute atomic E-state index is 0.731. The summed E-state index contributed by atoms with van der Waals surface area (Å²) in [6.45, 7) is 2.06. The van der Waals surface area contributed by atoms with E-state index in [1.54, 1.807) is 0 Å². The zero-order valence-electron chi connectivity index (χ0n) is 8.91. The highest BCUT2D eigenvalue weighted by molar-refractivity contribution is 6.10. The van der Waals surface area contributed by atoms with Gasteiger partial charge in [0.15, 0.2) is 0 Å². The lowest BCUT2D eigenvalue weighted by atomic mass is 10.1. The molecule has 0 unspecified atom stereocenters. The van der Waals surface area contributed by atoms with E-state index in [0.717, 1.165) is 27.4 Å². The zero-order valence-corrected chi connectivity index (χ0v) is 8.91. The SMILES string of the molecule is Cc1ccc2[nH]c3cccc(C#N)c3c2c1. The molecule has 0 saturated carbocycles. The molecule has 0 atom stereocenters. The van der Waals surface area contributed by atoms with Crippen LogP contribution in [-0.4, -0.2) is 4.98 Å². The number of H-pyrrole nitrogens is 1. The third-order valence-corrected chi connectivity index (χ3v) is 2.90. The van der Waals surface area contributed by atoms with Crippen molar-refractivity contribution in [1.82, 2.24) is 4.98 Å². The predicted octanol–water partition coefficient (Wildman–Crippen LogP) is 3.50. The predicted molar refractivity (Wildman–Crippen MR) is 65.3 cm³/mol. The quantitative estimate of drug-likeness (QED) is 0.600. The molecule has 0 fully saturated rings. The molecule has 76 valence electrons. The Hall–Kier alpha value is -2.27. The van der Waals surface area contributed by atoms with Crippen LogP contribution in [0, 0.1) is 18.3 Å². The molecule has 2 heteroatoms. The van der Waals surface area contributed by atoms with Crippen molar-refractivity contribution in [3.05, 3.63) is 47.5 Å². The Kier molecular flexibility index (Phi) is 1.75. The van der Waals surface area contributed by atoms with E-state index < -0.39 is 0 Å². The minimum atomic E-state index is 0.731. The average molecular weight is 206 g/mol. The van der Waals surface area contributed by atoms with Crippen molar-refractivity contribution in [3.63, 3.8) is 0 Å². The van der Waals surface area contributed by atoms with Crippen LogP contribution in [0.15, 0.2) is 36.4 Å². The first-order valence-corrected chi connectivity index (χ1v) is 5.21. The number of hydrogen-bond donors (Lipinski definition) is 1. The summed E-state index contributed by atoms with van der Waals surface area (Å²) in [7, 11) is 0. The second-order valence-corrected chi connectivity index (χ2v) is 4.01. The first-order chi connectivity index (χ1) is 7.79. The number of nitrogens with zero attached hydrogens (tertiary/aromatic N) is 1. The van der Waals surface area contributed by atoms with Crippen LogP contribution in [0.2, 0.25) is 0 Å². The molecule has 2 nitrogen and oxygen atoms in total. The summed E-state index contributed by atoms with van der Waals surface area (Å²) in [5.74, 6) is 0. The van der Waals surface area contributed by atoms with Gasteiger partial charge >= 0.3 is 0 Å². The maximum absolute atomic E-state index is 9.12. The molecule has 16 heavy (non-hydrogen) atoms. The fourth-order valence-corrected chi connectivity index (χ4v) is 2.16. The number of aromatic amines is 1. The van der Waals surface area contributed by atoms with Crippen molar-refractivity contribution in [2.75, 3.05) is 0 Å². The number of nitriles is 1. The number of fused-ring (bicyclic) bond motifs is 3. The van der Waals surface area contributed by atoms with Crippen molar-refractivity contribution < 1.29 is 0 Å². The van der Waals surface area contributed by atoms with E-state index in [1.165, 1.54) is 5.56 Å². The number of rotatable bonds is 0. The molecule has 0 radical (unpaired) electrons. The lowest BCUT2D eigenvalue weighted by molar-refractivity contribution is 1.48. The summed E-state index contributed by atoms with van der Waals surface area (Å²) in [6.07, 6.45) is 0. The summed E-state index contributed by atoms with van der Waals surface area (Å²) in [6, 6.07) is 14.3. The fourth-order valence-electron chi connectivity index (χ4n) is 2.16.